The SMILES string of the molecule is C=CCn1c(CN)nnc1SC[C@@H]1CCCN2CCCC[C@H]12.Cl.Cl. The summed E-state index contributed by atoms with van der Waals surface area (Å²) >= 11 is 1.84. The lowest BCUT2D eigenvalue weighted by Gasteiger charge is -2.44. The van der Waals surface area contributed by atoms with Crippen molar-refractivity contribution >= 4 is 36.6 Å². The first-order valence-corrected chi connectivity index (χ1v) is 9.42. The van der Waals surface area contributed by atoms with Crippen LogP contribution in [0.1, 0.15) is 37.9 Å². The minimum atomic E-state index is 0. The second-order valence-corrected chi connectivity index (χ2v) is 7.30. The Morgan fingerprint density at radius 1 is 1.17 bits per heavy atom. The average molecular weight is 394 g/mol. The van der Waals surface area contributed by atoms with E-state index in [4.69, 9.17) is 5.73 Å². The monoisotopic (exact) mass is 393 g/mol. The highest BCUT2D eigenvalue weighted by atomic mass is 35.5. The van der Waals surface area contributed by atoms with Gasteiger partial charge in [0.25, 0.3) is 0 Å². The summed E-state index contributed by atoms with van der Waals surface area (Å²) in [5.41, 5.74) is 5.75. The molecule has 24 heavy (non-hydrogen) atoms. The molecule has 1 aromatic heterocycles. The second kappa shape index (κ2) is 10.7. The van der Waals surface area contributed by atoms with Gasteiger partial charge in [-0.3, -0.25) is 0 Å². The lowest BCUT2D eigenvalue weighted by Crippen LogP contribution is -2.48. The molecule has 5 nitrogen and oxygen atoms in total. The summed E-state index contributed by atoms with van der Waals surface area (Å²) in [5.74, 6) is 2.78. The first-order chi connectivity index (χ1) is 10.8. The number of allylic oxidation sites excluding steroid dienone is 1. The highest BCUT2D eigenvalue weighted by molar-refractivity contribution is 7.99. The van der Waals surface area contributed by atoms with Crippen LogP contribution >= 0.6 is 36.6 Å². The smallest absolute Gasteiger partial charge is 0.191 e. The van der Waals surface area contributed by atoms with Crippen molar-refractivity contribution in [2.45, 2.75) is 56.4 Å². The molecular weight excluding hydrogens is 365 g/mol. The van der Waals surface area contributed by atoms with Gasteiger partial charge < -0.3 is 15.2 Å². The summed E-state index contributed by atoms with van der Waals surface area (Å²) in [6.07, 6.45) is 8.73. The van der Waals surface area contributed by atoms with Gasteiger partial charge in [0.15, 0.2) is 5.16 Å². The first kappa shape index (κ1) is 21.8. The average Bonchev–Trinajstić information content (AvgIpc) is 2.95. The number of piperidine rings is 2. The molecule has 0 bridgehead atoms. The molecule has 3 rings (SSSR count). The molecular formula is C16H29Cl2N5S. The molecule has 2 aliphatic rings. The van der Waals surface area contributed by atoms with Gasteiger partial charge in [0, 0.05) is 18.3 Å². The van der Waals surface area contributed by atoms with Gasteiger partial charge in [-0.25, -0.2) is 0 Å². The Bertz CT molecular complexity index is 509. The van der Waals surface area contributed by atoms with Crippen molar-refractivity contribution < 1.29 is 0 Å². The molecule has 0 radical (unpaired) electrons. The number of rotatable bonds is 6. The van der Waals surface area contributed by atoms with Gasteiger partial charge in [0.1, 0.15) is 5.82 Å². The zero-order valence-electron chi connectivity index (χ0n) is 14.1. The van der Waals surface area contributed by atoms with Crippen molar-refractivity contribution in [3.8, 4) is 0 Å². The number of fused-ring (bicyclic) bond motifs is 1. The van der Waals surface area contributed by atoms with Crippen LogP contribution in [0.25, 0.3) is 0 Å². The van der Waals surface area contributed by atoms with Gasteiger partial charge in [-0.05, 0) is 44.7 Å². The van der Waals surface area contributed by atoms with Crippen LogP contribution in [0.15, 0.2) is 17.8 Å². The Morgan fingerprint density at radius 2 is 1.96 bits per heavy atom. The van der Waals surface area contributed by atoms with E-state index in [0.717, 1.165) is 35.2 Å². The fraction of sp³-hybridized carbons (Fsp3) is 0.750. The van der Waals surface area contributed by atoms with Gasteiger partial charge >= 0.3 is 0 Å². The van der Waals surface area contributed by atoms with Crippen molar-refractivity contribution in [2.24, 2.45) is 11.7 Å². The highest BCUT2D eigenvalue weighted by Gasteiger charge is 2.33. The summed E-state index contributed by atoms with van der Waals surface area (Å²) < 4.78 is 2.10. The molecule has 0 amide bonds. The minimum Gasteiger partial charge on any atom is -0.324 e. The maximum Gasteiger partial charge on any atom is 0.191 e. The summed E-state index contributed by atoms with van der Waals surface area (Å²) in [6.45, 7) is 7.60. The van der Waals surface area contributed by atoms with Crippen LogP contribution in [-0.2, 0) is 13.1 Å². The summed E-state index contributed by atoms with van der Waals surface area (Å²) in [7, 11) is 0. The van der Waals surface area contributed by atoms with Crippen molar-refractivity contribution in [3.63, 3.8) is 0 Å². The van der Waals surface area contributed by atoms with Gasteiger partial charge in [0.2, 0.25) is 0 Å². The predicted octanol–water partition coefficient (Wildman–Crippen LogP) is 3.12. The Morgan fingerprint density at radius 3 is 2.71 bits per heavy atom. The lowest BCUT2D eigenvalue weighted by molar-refractivity contribution is 0.0693. The number of hydrogen-bond acceptors (Lipinski definition) is 5. The van der Waals surface area contributed by atoms with Crippen LogP contribution in [0.3, 0.4) is 0 Å². The molecule has 2 fully saturated rings. The molecule has 2 N–H and O–H groups in total. The molecule has 8 heteroatoms. The van der Waals surface area contributed by atoms with E-state index in [0.29, 0.717) is 6.54 Å². The third-order valence-electron chi connectivity index (χ3n) is 4.94. The largest absolute Gasteiger partial charge is 0.324 e. The fourth-order valence-corrected chi connectivity index (χ4v) is 5.03. The maximum atomic E-state index is 5.75. The number of hydrogen-bond donors (Lipinski definition) is 1. The van der Waals surface area contributed by atoms with Crippen LogP contribution in [0.5, 0.6) is 0 Å². The number of halogens is 2. The zero-order chi connectivity index (χ0) is 15.4. The fourth-order valence-electron chi connectivity index (χ4n) is 3.84. The normalized spacial score (nSPS) is 23.7. The Hall–Kier alpha value is -0.270. The molecule has 138 valence electrons. The van der Waals surface area contributed by atoms with Gasteiger partial charge in [-0.2, -0.15) is 0 Å². The van der Waals surface area contributed by atoms with Crippen molar-refractivity contribution in [2.75, 3.05) is 18.8 Å². The van der Waals surface area contributed by atoms with E-state index in [2.05, 4.69) is 26.2 Å². The molecule has 0 aromatic carbocycles. The van der Waals surface area contributed by atoms with E-state index >= 15 is 0 Å². The van der Waals surface area contributed by atoms with Crippen LogP contribution in [0.4, 0.5) is 0 Å². The van der Waals surface area contributed by atoms with Gasteiger partial charge in [0.05, 0.1) is 6.54 Å². The predicted molar refractivity (Wildman–Crippen MR) is 105 cm³/mol. The van der Waals surface area contributed by atoms with Gasteiger partial charge in [-0.15, -0.1) is 41.6 Å². The summed E-state index contributed by atoms with van der Waals surface area (Å²) in [4.78, 5) is 2.72. The second-order valence-electron chi connectivity index (χ2n) is 6.31. The molecule has 2 aliphatic heterocycles. The molecule has 0 spiro atoms. The number of nitrogens with two attached hydrogens (primary N) is 1. The molecule has 0 aliphatic carbocycles. The third kappa shape index (κ3) is 4.88. The van der Waals surface area contributed by atoms with E-state index in [1.165, 1.54) is 45.2 Å². The van der Waals surface area contributed by atoms with Crippen LogP contribution in [-0.4, -0.2) is 44.5 Å². The Labute approximate surface area is 161 Å². The maximum absolute atomic E-state index is 5.75. The molecule has 1 aromatic rings. The number of aromatic nitrogens is 3. The molecule has 0 unspecified atom stereocenters. The van der Waals surface area contributed by atoms with E-state index in [9.17, 15) is 0 Å². The molecule has 2 atom stereocenters. The lowest BCUT2D eigenvalue weighted by atomic mass is 9.85. The quantitative estimate of drug-likeness (QED) is 0.594. The zero-order valence-corrected chi connectivity index (χ0v) is 16.6. The Balaban J connectivity index is 0.00000144. The molecule has 0 saturated carbocycles. The topological polar surface area (TPSA) is 60.0 Å². The van der Waals surface area contributed by atoms with Crippen molar-refractivity contribution in [1.82, 2.24) is 19.7 Å². The number of nitrogens with zero attached hydrogens (tertiary/aromatic N) is 4. The van der Waals surface area contributed by atoms with Crippen LogP contribution in [0.2, 0.25) is 0 Å². The Kier molecular flexibility index (Phi) is 9.67. The third-order valence-corrected chi connectivity index (χ3v) is 6.10. The summed E-state index contributed by atoms with van der Waals surface area (Å²) in [5, 5.41) is 9.53. The van der Waals surface area contributed by atoms with Gasteiger partial charge in [-0.1, -0.05) is 24.3 Å². The molecule has 2 saturated heterocycles. The standard InChI is InChI=1S/C16H27N5S.2ClH/c1-2-8-21-15(11-17)18-19-16(21)22-12-13-6-5-10-20-9-4-3-7-14(13)20;;/h2,13-14H,1,3-12,17H2;2*1H/t13-,14+;;/m0../s1. The van der Waals surface area contributed by atoms with Crippen molar-refractivity contribution in [1.29, 1.82) is 0 Å². The first-order valence-electron chi connectivity index (χ1n) is 8.43. The van der Waals surface area contributed by atoms with E-state index < -0.39 is 0 Å². The van der Waals surface area contributed by atoms with Crippen molar-refractivity contribution in [3.05, 3.63) is 18.5 Å². The van der Waals surface area contributed by atoms with E-state index in [-0.39, 0.29) is 24.8 Å². The molecule has 3 heterocycles. The number of thioether (sulfide) groups is 1. The summed E-state index contributed by atoms with van der Waals surface area (Å²) in [6, 6.07) is 0.791. The van der Waals surface area contributed by atoms with Crippen LogP contribution in [0, 0.1) is 5.92 Å². The van der Waals surface area contributed by atoms with E-state index in [1.807, 2.05) is 17.8 Å². The highest BCUT2D eigenvalue weighted by Crippen LogP contribution is 2.34. The minimum absolute atomic E-state index is 0. The van der Waals surface area contributed by atoms with E-state index in [1.54, 1.807) is 0 Å². The van der Waals surface area contributed by atoms with Crippen LogP contribution < -0.4 is 5.73 Å².